The number of aromatic nitrogens is 1. The Kier molecular flexibility index (Phi) is 4.04. The molecule has 1 aliphatic rings. The summed E-state index contributed by atoms with van der Waals surface area (Å²) in [4.78, 5) is 30.1. The quantitative estimate of drug-likeness (QED) is 0.933. The average Bonchev–Trinajstić information content (AvgIpc) is 2.97. The Hall–Kier alpha value is -2.41. The molecule has 0 saturated heterocycles. The number of thiazole rings is 1. The first-order valence-electron chi connectivity index (χ1n) is 7.24. The van der Waals surface area contributed by atoms with Gasteiger partial charge in [0.2, 0.25) is 5.91 Å². The summed E-state index contributed by atoms with van der Waals surface area (Å²) in [6.07, 6.45) is -0.612. The molecule has 1 aromatic heterocycles. The highest BCUT2D eigenvalue weighted by Gasteiger charge is 2.32. The van der Waals surface area contributed by atoms with Crippen LogP contribution in [0.5, 0.6) is 5.75 Å². The first kappa shape index (κ1) is 15.5. The summed E-state index contributed by atoms with van der Waals surface area (Å²) in [5, 5.41) is 5.48. The number of anilines is 1. The molecule has 3 rings (SSSR count). The van der Waals surface area contributed by atoms with Crippen molar-refractivity contribution in [1.29, 1.82) is 0 Å². The van der Waals surface area contributed by atoms with E-state index in [1.165, 1.54) is 4.90 Å². The number of hydrogen-bond acceptors (Lipinski definition) is 5. The lowest BCUT2D eigenvalue weighted by atomic mass is 10.1. The van der Waals surface area contributed by atoms with Crippen molar-refractivity contribution in [3.05, 3.63) is 28.6 Å². The zero-order valence-corrected chi connectivity index (χ0v) is 13.9. The van der Waals surface area contributed by atoms with Crippen molar-refractivity contribution in [2.45, 2.75) is 20.0 Å². The topological polar surface area (TPSA) is 71.5 Å². The maximum atomic E-state index is 12.4. The molecule has 1 N–H and O–H groups in total. The Morgan fingerprint density at radius 1 is 1.48 bits per heavy atom. The van der Waals surface area contributed by atoms with Crippen LogP contribution in [0, 0.1) is 6.92 Å². The van der Waals surface area contributed by atoms with Crippen molar-refractivity contribution in [3.8, 4) is 17.0 Å². The van der Waals surface area contributed by atoms with Crippen LogP contribution in [0.25, 0.3) is 11.3 Å². The molecule has 0 bridgehead atoms. The van der Waals surface area contributed by atoms with E-state index < -0.39 is 6.10 Å². The summed E-state index contributed by atoms with van der Waals surface area (Å²) >= 11 is 1.57. The fourth-order valence-electron chi connectivity index (χ4n) is 2.45. The van der Waals surface area contributed by atoms with Gasteiger partial charge in [0.15, 0.2) is 6.10 Å². The van der Waals surface area contributed by atoms with Crippen LogP contribution in [0.2, 0.25) is 0 Å². The van der Waals surface area contributed by atoms with Crippen molar-refractivity contribution in [1.82, 2.24) is 10.3 Å². The second-order valence-electron chi connectivity index (χ2n) is 5.29. The number of aryl methyl sites for hydroxylation is 1. The lowest BCUT2D eigenvalue weighted by Gasteiger charge is -2.32. The zero-order chi connectivity index (χ0) is 16.6. The van der Waals surface area contributed by atoms with E-state index in [0.29, 0.717) is 11.4 Å². The summed E-state index contributed by atoms with van der Waals surface area (Å²) in [5.74, 6) is 0.137. The van der Waals surface area contributed by atoms with Crippen LogP contribution in [0.3, 0.4) is 0 Å². The monoisotopic (exact) mass is 331 g/mol. The molecule has 23 heavy (non-hydrogen) atoms. The normalized spacial score (nSPS) is 16.7. The molecular weight excluding hydrogens is 314 g/mol. The summed E-state index contributed by atoms with van der Waals surface area (Å²) in [5.41, 5.74) is 2.34. The van der Waals surface area contributed by atoms with Crippen LogP contribution in [0.15, 0.2) is 23.6 Å². The molecule has 120 valence electrons. The third kappa shape index (κ3) is 2.92. The highest BCUT2D eigenvalue weighted by Crippen LogP contribution is 2.37. The van der Waals surface area contributed by atoms with Crippen molar-refractivity contribution in [2.75, 3.05) is 18.5 Å². The number of nitrogens with zero attached hydrogens (tertiary/aromatic N) is 2. The third-order valence-electron chi connectivity index (χ3n) is 3.66. The zero-order valence-electron chi connectivity index (χ0n) is 13.1. The maximum absolute atomic E-state index is 12.4. The largest absolute Gasteiger partial charge is 0.479 e. The summed E-state index contributed by atoms with van der Waals surface area (Å²) in [7, 11) is 1.55. The van der Waals surface area contributed by atoms with E-state index >= 15 is 0 Å². The van der Waals surface area contributed by atoms with Gasteiger partial charge in [-0.05, 0) is 32.0 Å². The SMILES string of the molecule is CNC(=O)CN1C(=O)C(C)Oc2ccc(-c3csc(C)n3)cc21. The van der Waals surface area contributed by atoms with Gasteiger partial charge in [-0.25, -0.2) is 4.98 Å². The number of carbonyl (C=O) groups excluding carboxylic acids is 2. The molecule has 2 heterocycles. The molecule has 2 aromatic rings. The summed E-state index contributed by atoms with van der Waals surface area (Å²) in [6.45, 7) is 3.59. The predicted octanol–water partition coefficient (Wildman–Crippen LogP) is 1.98. The number of fused-ring (bicyclic) bond motifs is 1. The number of ether oxygens (including phenoxy) is 1. The number of nitrogens with one attached hydrogen (secondary N) is 1. The Morgan fingerprint density at radius 2 is 2.26 bits per heavy atom. The van der Waals surface area contributed by atoms with Gasteiger partial charge in [-0.1, -0.05) is 0 Å². The minimum atomic E-state index is -0.612. The lowest BCUT2D eigenvalue weighted by Crippen LogP contribution is -2.48. The highest BCUT2D eigenvalue weighted by atomic mass is 32.1. The second-order valence-corrected chi connectivity index (χ2v) is 6.35. The molecular formula is C16H17N3O3S. The molecule has 0 radical (unpaired) electrons. The van der Waals surface area contributed by atoms with Crippen LogP contribution in [-0.4, -0.2) is 36.5 Å². The summed E-state index contributed by atoms with van der Waals surface area (Å²) < 4.78 is 5.64. The van der Waals surface area contributed by atoms with Gasteiger partial charge in [-0.2, -0.15) is 0 Å². The minimum absolute atomic E-state index is 0.0322. The number of hydrogen-bond donors (Lipinski definition) is 1. The van der Waals surface area contributed by atoms with Crippen LogP contribution in [0.1, 0.15) is 11.9 Å². The molecule has 1 aliphatic heterocycles. The van der Waals surface area contributed by atoms with Gasteiger partial charge in [0.25, 0.3) is 5.91 Å². The van der Waals surface area contributed by atoms with Crippen LogP contribution in [-0.2, 0) is 9.59 Å². The fraction of sp³-hybridized carbons (Fsp3) is 0.312. The van der Waals surface area contributed by atoms with Gasteiger partial charge >= 0.3 is 0 Å². The number of benzene rings is 1. The first-order chi connectivity index (χ1) is 11.0. The van der Waals surface area contributed by atoms with Gasteiger partial charge in [-0.3, -0.25) is 14.5 Å². The molecule has 0 spiro atoms. The van der Waals surface area contributed by atoms with E-state index in [9.17, 15) is 9.59 Å². The van der Waals surface area contributed by atoms with E-state index in [1.54, 1.807) is 25.3 Å². The van der Waals surface area contributed by atoms with Crippen LogP contribution >= 0.6 is 11.3 Å². The van der Waals surface area contributed by atoms with Crippen molar-refractivity contribution in [2.24, 2.45) is 0 Å². The van der Waals surface area contributed by atoms with Gasteiger partial charge < -0.3 is 10.1 Å². The lowest BCUT2D eigenvalue weighted by molar-refractivity contribution is -0.128. The van der Waals surface area contributed by atoms with Crippen LogP contribution in [0.4, 0.5) is 5.69 Å². The van der Waals surface area contributed by atoms with Crippen molar-refractivity contribution >= 4 is 28.8 Å². The van der Waals surface area contributed by atoms with E-state index in [-0.39, 0.29) is 18.4 Å². The Morgan fingerprint density at radius 3 is 2.91 bits per heavy atom. The second kappa shape index (κ2) is 6.00. The molecule has 1 aromatic carbocycles. The Bertz CT molecular complexity index is 772. The smallest absolute Gasteiger partial charge is 0.268 e. The Labute approximate surface area is 138 Å². The molecule has 2 amide bonds. The number of amides is 2. The van der Waals surface area contributed by atoms with E-state index in [1.807, 2.05) is 30.5 Å². The van der Waals surface area contributed by atoms with Crippen LogP contribution < -0.4 is 15.0 Å². The van der Waals surface area contributed by atoms with Crippen molar-refractivity contribution in [3.63, 3.8) is 0 Å². The molecule has 0 saturated carbocycles. The molecule has 0 aliphatic carbocycles. The fourth-order valence-corrected chi connectivity index (χ4v) is 3.07. The van der Waals surface area contributed by atoms with Gasteiger partial charge in [-0.15, -0.1) is 11.3 Å². The van der Waals surface area contributed by atoms with E-state index in [0.717, 1.165) is 16.3 Å². The van der Waals surface area contributed by atoms with Gasteiger partial charge in [0, 0.05) is 18.0 Å². The predicted molar refractivity (Wildman–Crippen MR) is 88.8 cm³/mol. The average molecular weight is 331 g/mol. The molecule has 1 unspecified atom stereocenters. The minimum Gasteiger partial charge on any atom is -0.479 e. The van der Waals surface area contributed by atoms with Gasteiger partial charge in [0.1, 0.15) is 12.3 Å². The molecule has 6 nitrogen and oxygen atoms in total. The number of likely N-dealkylation sites (N-methyl/N-ethyl adjacent to an activating group) is 1. The molecule has 0 fully saturated rings. The van der Waals surface area contributed by atoms with Gasteiger partial charge in [0.05, 0.1) is 16.4 Å². The first-order valence-corrected chi connectivity index (χ1v) is 8.12. The number of rotatable bonds is 3. The molecule has 1 atom stereocenters. The summed E-state index contributed by atoms with van der Waals surface area (Å²) in [6, 6.07) is 5.57. The van der Waals surface area contributed by atoms with E-state index in [4.69, 9.17) is 4.74 Å². The molecule has 7 heteroatoms. The third-order valence-corrected chi connectivity index (χ3v) is 4.44. The number of carbonyl (C=O) groups is 2. The maximum Gasteiger partial charge on any atom is 0.268 e. The van der Waals surface area contributed by atoms with E-state index in [2.05, 4.69) is 10.3 Å². The highest BCUT2D eigenvalue weighted by molar-refractivity contribution is 7.09. The standard InChI is InChI=1S/C16H17N3O3S/c1-9-16(21)19(7-15(20)17-3)13-6-11(4-5-14(13)22-9)12-8-23-10(2)18-12/h4-6,8-9H,7H2,1-3H3,(H,17,20). The Balaban J connectivity index is 2.03. The van der Waals surface area contributed by atoms with Crippen molar-refractivity contribution < 1.29 is 14.3 Å².